The van der Waals surface area contributed by atoms with Gasteiger partial charge in [0.25, 0.3) is 5.89 Å². The minimum Gasteiger partial charge on any atom is -0.418 e. The molecular weight excluding hydrogens is 441 g/mol. The van der Waals surface area contributed by atoms with Crippen LogP contribution in [0.15, 0.2) is 32.9 Å². The van der Waals surface area contributed by atoms with E-state index in [1.54, 1.807) is 19.9 Å². The van der Waals surface area contributed by atoms with Gasteiger partial charge in [0.05, 0.1) is 16.4 Å². The van der Waals surface area contributed by atoms with Crippen molar-refractivity contribution in [3.63, 3.8) is 0 Å². The van der Waals surface area contributed by atoms with Crippen LogP contribution in [0.25, 0.3) is 10.8 Å². The van der Waals surface area contributed by atoms with Gasteiger partial charge in [-0.15, -0.1) is 21.5 Å². The van der Waals surface area contributed by atoms with Crippen LogP contribution < -0.4 is 0 Å². The number of thiophene rings is 1. The van der Waals surface area contributed by atoms with Crippen molar-refractivity contribution in [2.75, 3.05) is 6.54 Å². The molecule has 0 radical (unpaired) electrons. The van der Waals surface area contributed by atoms with Gasteiger partial charge in [-0.1, -0.05) is 36.2 Å². The van der Waals surface area contributed by atoms with Crippen molar-refractivity contribution in [1.82, 2.24) is 14.5 Å². The number of hydrogen-bond donors (Lipinski definition) is 0. The Kier molecular flexibility index (Phi) is 6.46. The first-order valence-corrected chi connectivity index (χ1v) is 11.6. The molecule has 2 heterocycles. The van der Waals surface area contributed by atoms with E-state index < -0.39 is 10.0 Å². The molecule has 0 bridgehead atoms. The molecule has 150 valence electrons. The zero-order chi connectivity index (χ0) is 20.5. The van der Waals surface area contributed by atoms with Gasteiger partial charge in [0.15, 0.2) is 0 Å². The van der Waals surface area contributed by atoms with E-state index >= 15 is 0 Å². The zero-order valence-electron chi connectivity index (χ0n) is 15.6. The van der Waals surface area contributed by atoms with E-state index in [1.807, 2.05) is 24.4 Å². The van der Waals surface area contributed by atoms with Gasteiger partial charge in [-0.3, -0.25) is 0 Å². The van der Waals surface area contributed by atoms with Crippen molar-refractivity contribution in [3.05, 3.63) is 50.6 Å². The maximum Gasteiger partial charge on any atom is 0.257 e. The van der Waals surface area contributed by atoms with Crippen LogP contribution in [0.5, 0.6) is 0 Å². The summed E-state index contributed by atoms with van der Waals surface area (Å²) < 4.78 is 33.8. The van der Waals surface area contributed by atoms with Crippen molar-refractivity contribution < 1.29 is 12.8 Å². The van der Waals surface area contributed by atoms with Gasteiger partial charge in [0, 0.05) is 11.6 Å². The fraction of sp³-hybridized carbons (Fsp3) is 0.333. The first-order valence-electron chi connectivity index (χ1n) is 8.57. The molecule has 0 saturated carbocycles. The standard InChI is InChI=1S/C18H19Cl2N3O3S2/c1-4-7-23(10-15-21-22-18(26-15)14-6-5-8-27-14)28(24,25)17-12(3)13(19)9-11(2)16(17)20/h5-6,8-9H,4,7,10H2,1-3H3. The summed E-state index contributed by atoms with van der Waals surface area (Å²) in [5.74, 6) is 0.583. The Bertz CT molecular complexity index is 1050. The largest absolute Gasteiger partial charge is 0.418 e. The van der Waals surface area contributed by atoms with Crippen LogP contribution in [0.1, 0.15) is 30.4 Å². The number of rotatable bonds is 7. The monoisotopic (exact) mass is 459 g/mol. The van der Waals surface area contributed by atoms with E-state index in [-0.39, 0.29) is 28.9 Å². The molecule has 0 fully saturated rings. The number of aromatic nitrogens is 2. The molecule has 28 heavy (non-hydrogen) atoms. The molecule has 6 nitrogen and oxygen atoms in total. The minimum absolute atomic E-state index is 0.0191. The number of nitrogens with zero attached hydrogens (tertiary/aromatic N) is 3. The lowest BCUT2D eigenvalue weighted by Gasteiger charge is -2.23. The Labute approximate surface area is 178 Å². The van der Waals surface area contributed by atoms with Crippen LogP contribution in [-0.2, 0) is 16.6 Å². The lowest BCUT2D eigenvalue weighted by atomic mass is 10.2. The van der Waals surface area contributed by atoms with Gasteiger partial charge in [-0.25, -0.2) is 8.42 Å². The van der Waals surface area contributed by atoms with E-state index in [4.69, 9.17) is 27.6 Å². The third-order valence-electron chi connectivity index (χ3n) is 4.17. The van der Waals surface area contributed by atoms with Gasteiger partial charge in [-0.05, 0) is 48.9 Å². The average molecular weight is 460 g/mol. The quantitative estimate of drug-likeness (QED) is 0.477. The molecule has 2 aromatic heterocycles. The number of sulfonamides is 1. The van der Waals surface area contributed by atoms with Crippen molar-refractivity contribution in [3.8, 4) is 10.8 Å². The highest BCUT2D eigenvalue weighted by atomic mass is 35.5. The van der Waals surface area contributed by atoms with E-state index in [0.717, 1.165) is 4.88 Å². The van der Waals surface area contributed by atoms with Gasteiger partial charge < -0.3 is 4.42 Å². The van der Waals surface area contributed by atoms with Crippen LogP contribution in [0.3, 0.4) is 0 Å². The topological polar surface area (TPSA) is 76.3 Å². The van der Waals surface area contributed by atoms with Crippen molar-refractivity contribution in [2.45, 2.75) is 38.6 Å². The highest BCUT2D eigenvalue weighted by Crippen LogP contribution is 2.35. The molecule has 0 spiro atoms. The summed E-state index contributed by atoms with van der Waals surface area (Å²) in [4.78, 5) is 0.846. The third kappa shape index (κ3) is 4.11. The molecular formula is C18H19Cl2N3O3S2. The fourth-order valence-electron chi connectivity index (χ4n) is 2.75. The van der Waals surface area contributed by atoms with Gasteiger partial charge in [0.1, 0.15) is 4.90 Å². The molecule has 0 aliphatic heterocycles. The SMILES string of the molecule is CCCN(Cc1nnc(-c2cccs2)o1)S(=O)(=O)c1c(C)c(Cl)cc(C)c1Cl. The average Bonchev–Trinajstić information content (AvgIpc) is 3.31. The molecule has 0 N–H and O–H groups in total. The summed E-state index contributed by atoms with van der Waals surface area (Å²) in [7, 11) is -3.92. The fourth-order valence-corrected chi connectivity index (χ4v) is 6.04. The van der Waals surface area contributed by atoms with Crippen LogP contribution >= 0.6 is 34.5 Å². The maximum absolute atomic E-state index is 13.4. The first kappa shape index (κ1) is 21.3. The van der Waals surface area contributed by atoms with Gasteiger partial charge >= 0.3 is 0 Å². The smallest absolute Gasteiger partial charge is 0.257 e. The Morgan fingerprint density at radius 1 is 1.25 bits per heavy atom. The molecule has 0 amide bonds. The Hall–Kier alpha value is -1.45. The second-order valence-electron chi connectivity index (χ2n) is 6.26. The Morgan fingerprint density at radius 2 is 2.00 bits per heavy atom. The third-order valence-corrected chi connectivity index (χ3v) is 8.04. The van der Waals surface area contributed by atoms with Crippen molar-refractivity contribution in [1.29, 1.82) is 0 Å². The van der Waals surface area contributed by atoms with E-state index in [9.17, 15) is 8.42 Å². The number of halogens is 2. The molecule has 0 aliphatic carbocycles. The molecule has 0 saturated heterocycles. The normalized spacial score (nSPS) is 12.1. The Balaban J connectivity index is 1.98. The lowest BCUT2D eigenvalue weighted by molar-refractivity contribution is 0.357. The number of hydrogen-bond acceptors (Lipinski definition) is 6. The van der Waals surface area contributed by atoms with Crippen molar-refractivity contribution in [2.24, 2.45) is 0 Å². The molecule has 3 rings (SSSR count). The molecule has 10 heteroatoms. The molecule has 0 unspecified atom stereocenters. The van der Waals surface area contributed by atoms with Crippen LogP contribution in [0, 0.1) is 13.8 Å². The van der Waals surface area contributed by atoms with Crippen LogP contribution in [-0.4, -0.2) is 29.5 Å². The van der Waals surface area contributed by atoms with Gasteiger partial charge in [0.2, 0.25) is 15.9 Å². The lowest BCUT2D eigenvalue weighted by Crippen LogP contribution is -2.32. The first-order chi connectivity index (χ1) is 13.3. The summed E-state index contributed by atoms with van der Waals surface area (Å²) >= 11 is 14.0. The van der Waals surface area contributed by atoms with Crippen LogP contribution in [0.2, 0.25) is 10.0 Å². The second kappa shape index (κ2) is 8.51. The molecule has 0 aliphatic rings. The van der Waals surface area contributed by atoms with E-state index in [0.29, 0.717) is 28.5 Å². The summed E-state index contributed by atoms with van der Waals surface area (Å²) in [5.41, 5.74) is 1.02. The highest BCUT2D eigenvalue weighted by molar-refractivity contribution is 7.89. The molecule has 1 aromatic carbocycles. The minimum atomic E-state index is -3.92. The van der Waals surface area contributed by atoms with Crippen LogP contribution in [0.4, 0.5) is 0 Å². The van der Waals surface area contributed by atoms with Gasteiger partial charge in [-0.2, -0.15) is 4.31 Å². The molecule has 0 atom stereocenters. The Morgan fingerprint density at radius 3 is 2.64 bits per heavy atom. The second-order valence-corrected chi connectivity index (χ2v) is 9.87. The summed E-state index contributed by atoms with van der Waals surface area (Å²) in [5, 5.41) is 10.5. The molecule has 3 aromatic rings. The summed E-state index contributed by atoms with van der Waals surface area (Å²) in [6, 6.07) is 5.40. The van der Waals surface area contributed by atoms with Crippen molar-refractivity contribution >= 4 is 44.6 Å². The predicted molar refractivity (Wildman–Crippen MR) is 111 cm³/mol. The van der Waals surface area contributed by atoms with E-state index in [2.05, 4.69) is 10.2 Å². The highest BCUT2D eigenvalue weighted by Gasteiger charge is 2.31. The number of benzene rings is 1. The maximum atomic E-state index is 13.4. The number of aryl methyl sites for hydroxylation is 1. The summed E-state index contributed by atoms with van der Waals surface area (Å²) in [6.07, 6.45) is 0.612. The zero-order valence-corrected chi connectivity index (χ0v) is 18.7. The predicted octanol–water partition coefficient (Wildman–Crippen LogP) is 5.32. The summed E-state index contributed by atoms with van der Waals surface area (Å²) in [6.45, 7) is 5.50. The van der Waals surface area contributed by atoms with E-state index in [1.165, 1.54) is 15.6 Å².